The first kappa shape index (κ1) is 9.32. The van der Waals surface area contributed by atoms with Crippen molar-refractivity contribution in [2.24, 2.45) is 0 Å². The maximum atomic E-state index is 13.5. The summed E-state index contributed by atoms with van der Waals surface area (Å²) in [5.74, 6) is -2.05. The predicted molar refractivity (Wildman–Crippen MR) is 51.7 cm³/mol. The summed E-state index contributed by atoms with van der Waals surface area (Å²) in [4.78, 5) is 0. The Morgan fingerprint density at radius 2 is 2.00 bits per heavy atom. The molecule has 0 amide bonds. The Hall–Kier alpha value is -2.24. The van der Waals surface area contributed by atoms with E-state index in [9.17, 15) is 9.50 Å². The first-order valence-corrected chi connectivity index (χ1v) is 4.11. The molecule has 0 unspecified atom stereocenters. The number of nitrogens with one attached hydrogen (secondary N) is 1. The van der Waals surface area contributed by atoms with Crippen LogP contribution in [-0.2, 0) is 0 Å². The van der Waals surface area contributed by atoms with Gasteiger partial charge in [0.1, 0.15) is 5.82 Å². The van der Waals surface area contributed by atoms with Crippen LogP contribution in [0.3, 0.4) is 0 Å². The van der Waals surface area contributed by atoms with Crippen molar-refractivity contribution in [3.8, 4) is 22.6 Å². The third-order valence-corrected chi connectivity index (χ3v) is 2.05. The first-order chi connectivity index (χ1) is 7.11. The van der Waals surface area contributed by atoms with Crippen LogP contribution in [0, 0.1) is 5.82 Å². The first-order valence-electron chi connectivity index (χ1n) is 4.11. The van der Waals surface area contributed by atoms with Crippen molar-refractivity contribution >= 4 is 5.82 Å². The number of aromatic nitrogens is 2. The second kappa shape index (κ2) is 3.16. The van der Waals surface area contributed by atoms with Gasteiger partial charge in [-0.25, -0.2) is 4.39 Å². The van der Waals surface area contributed by atoms with Crippen LogP contribution in [0.15, 0.2) is 18.3 Å². The van der Waals surface area contributed by atoms with Crippen molar-refractivity contribution in [3.05, 3.63) is 24.1 Å². The van der Waals surface area contributed by atoms with Crippen LogP contribution in [-0.4, -0.2) is 20.4 Å². The summed E-state index contributed by atoms with van der Waals surface area (Å²) in [5.41, 5.74) is 5.92. The quantitative estimate of drug-likeness (QED) is 0.531. The molecule has 2 rings (SSSR count). The molecule has 0 spiro atoms. The molecule has 1 heterocycles. The molecule has 0 bridgehead atoms. The summed E-state index contributed by atoms with van der Waals surface area (Å²) in [5, 5.41) is 24.3. The average molecular weight is 209 g/mol. The largest absolute Gasteiger partial charge is 0.504 e. The average Bonchev–Trinajstić information content (AvgIpc) is 2.62. The van der Waals surface area contributed by atoms with E-state index in [1.165, 1.54) is 18.3 Å². The minimum atomic E-state index is -0.928. The summed E-state index contributed by atoms with van der Waals surface area (Å²) in [6.07, 6.45) is 1.34. The van der Waals surface area contributed by atoms with Gasteiger partial charge in [-0.05, 0) is 12.1 Å². The van der Waals surface area contributed by atoms with Crippen LogP contribution in [0.5, 0.6) is 11.5 Å². The van der Waals surface area contributed by atoms with Gasteiger partial charge >= 0.3 is 0 Å². The highest BCUT2D eigenvalue weighted by Crippen LogP contribution is 2.36. The number of hydrogen-bond donors (Lipinski definition) is 4. The van der Waals surface area contributed by atoms with Gasteiger partial charge in [0.25, 0.3) is 0 Å². The molecule has 1 aromatic carbocycles. The third kappa shape index (κ3) is 1.35. The van der Waals surface area contributed by atoms with E-state index >= 15 is 0 Å². The van der Waals surface area contributed by atoms with Crippen LogP contribution in [0.1, 0.15) is 0 Å². The molecule has 2 aromatic rings. The number of rotatable bonds is 1. The van der Waals surface area contributed by atoms with Gasteiger partial charge in [0.2, 0.25) is 0 Å². The number of phenolic OH excluding ortho intramolecular Hbond substituents is 2. The normalized spacial score (nSPS) is 10.5. The van der Waals surface area contributed by atoms with Gasteiger partial charge in [-0.2, -0.15) is 5.10 Å². The van der Waals surface area contributed by atoms with E-state index in [2.05, 4.69) is 10.2 Å². The Morgan fingerprint density at radius 1 is 1.27 bits per heavy atom. The number of nitrogens with zero attached hydrogens (tertiary/aromatic N) is 1. The zero-order valence-electron chi connectivity index (χ0n) is 7.53. The van der Waals surface area contributed by atoms with Crippen molar-refractivity contribution in [2.75, 3.05) is 5.73 Å². The highest BCUT2D eigenvalue weighted by atomic mass is 19.1. The zero-order chi connectivity index (χ0) is 11.0. The van der Waals surface area contributed by atoms with E-state index in [1.54, 1.807) is 0 Å². The topological polar surface area (TPSA) is 95.2 Å². The standard InChI is InChI=1S/C9H8FN3O2/c10-7-4(1-2-6(14)8(7)15)5-3-12-13-9(5)11/h1-3,14-15H,(H3,11,12,13). The Morgan fingerprint density at radius 3 is 2.60 bits per heavy atom. The maximum absolute atomic E-state index is 13.5. The number of H-pyrrole nitrogens is 1. The Kier molecular flexibility index (Phi) is 1.96. The molecule has 0 saturated carbocycles. The lowest BCUT2D eigenvalue weighted by Gasteiger charge is -2.04. The molecule has 15 heavy (non-hydrogen) atoms. The third-order valence-electron chi connectivity index (χ3n) is 2.05. The molecular weight excluding hydrogens is 201 g/mol. The number of nitrogens with two attached hydrogens (primary N) is 1. The van der Waals surface area contributed by atoms with Gasteiger partial charge in [0.15, 0.2) is 17.3 Å². The van der Waals surface area contributed by atoms with Gasteiger partial charge in [-0.1, -0.05) is 0 Å². The van der Waals surface area contributed by atoms with E-state index in [-0.39, 0.29) is 11.4 Å². The minimum absolute atomic E-state index is 0.0801. The van der Waals surface area contributed by atoms with E-state index in [4.69, 9.17) is 10.8 Å². The minimum Gasteiger partial charge on any atom is -0.504 e. The molecule has 0 radical (unpaired) electrons. The lowest BCUT2D eigenvalue weighted by molar-refractivity contribution is 0.380. The molecule has 0 fully saturated rings. The number of nitrogen functional groups attached to an aromatic ring is 1. The molecule has 5 nitrogen and oxygen atoms in total. The maximum Gasteiger partial charge on any atom is 0.194 e. The van der Waals surface area contributed by atoms with E-state index in [0.717, 1.165) is 0 Å². The summed E-state index contributed by atoms with van der Waals surface area (Å²) in [6, 6.07) is 2.49. The van der Waals surface area contributed by atoms with Gasteiger partial charge in [-0.3, -0.25) is 5.10 Å². The SMILES string of the molecule is Nc1[nH]ncc1-c1ccc(O)c(O)c1F. The Balaban J connectivity index is 2.65. The Bertz CT molecular complexity index is 510. The van der Waals surface area contributed by atoms with E-state index < -0.39 is 17.3 Å². The highest BCUT2D eigenvalue weighted by molar-refractivity contribution is 5.75. The Labute approximate surface area is 84.0 Å². The number of benzene rings is 1. The predicted octanol–water partition coefficient (Wildman–Crippen LogP) is 1.21. The van der Waals surface area contributed by atoms with Crippen molar-refractivity contribution in [1.82, 2.24) is 10.2 Å². The van der Waals surface area contributed by atoms with Crippen LogP contribution in [0.2, 0.25) is 0 Å². The molecule has 0 atom stereocenters. The molecule has 5 N–H and O–H groups in total. The molecule has 78 valence electrons. The summed E-state index contributed by atoms with van der Waals surface area (Å²) < 4.78 is 13.5. The van der Waals surface area contributed by atoms with Gasteiger partial charge in [0, 0.05) is 11.1 Å². The molecule has 1 aromatic heterocycles. The lowest BCUT2D eigenvalue weighted by atomic mass is 10.1. The van der Waals surface area contributed by atoms with Crippen molar-refractivity contribution in [2.45, 2.75) is 0 Å². The summed E-state index contributed by atoms with van der Waals surface area (Å²) >= 11 is 0. The molecule has 0 aliphatic heterocycles. The number of anilines is 1. The number of aromatic amines is 1. The number of halogens is 1. The van der Waals surface area contributed by atoms with Crippen molar-refractivity contribution in [1.29, 1.82) is 0 Å². The second-order valence-corrected chi connectivity index (χ2v) is 2.99. The summed E-state index contributed by atoms with van der Waals surface area (Å²) in [6.45, 7) is 0. The lowest BCUT2D eigenvalue weighted by Crippen LogP contribution is -1.90. The molecule has 6 heteroatoms. The fraction of sp³-hybridized carbons (Fsp3) is 0. The van der Waals surface area contributed by atoms with Gasteiger partial charge < -0.3 is 15.9 Å². The molecule has 0 aliphatic carbocycles. The van der Waals surface area contributed by atoms with Crippen molar-refractivity contribution < 1.29 is 14.6 Å². The monoisotopic (exact) mass is 209 g/mol. The van der Waals surface area contributed by atoms with Crippen molar-refractivity contribution in [3.63, 3.8) is 0 Å². The van der Waals surface area contributed by atoms with Crippen LogP contribution in [0.25, 0.3) is 11.1 Å². The number of aromatic hydroxyl groups is 2. The van der Waals surface area contributed by atoms with Crippen LogP contribution in [0.4, 0.5) is 10.2 Å². The smallest absolute Gasteiger partial charge is 0.194 e. The number of phenols is 2. The number of hydrogen-bond acceptors (Lipinski definition) is 4. The van der Waals surface area contributed by atoms with E-state index in [1.807, 2.05) is 0 Å². The molecule has 0 aliphatic rings. The van der Waals surface area contributed by atoms with Gasteiger partial charge in [-0.15, -0.1) is 0 Å². The van der Waals surface area contributed by atoms with Gasteiger partial charge in [0.05, 0.1) is 6.20 Å². The molecule has 0 saturated heterocycles. The summed E-state index contributed by atoms with van der Waals surface area (Å²) in [7, 11) is 0. The van der Waals surface area contributed by atoms with Crippen LogP contribution < -0.4 is 5.73 Å². The fourth-order valence-corrected chi connectivity index (χ4v) is 1.27. The fourth-order valence-electron chi connectivity index (χ4n) is 1.27. The van der Waals surface area contributed by atoms with E-state index in [0.29, 0.717) is 5.56 Å². The van der Waals surface area contributed by atoms with Crippen LogP contribution >= 0.6 is 0 Å². The second-order valence-electron chi connectivity index (χ2n) is 2.99. The molecular formula is C9H8FN3O2. The zero-order valence-corrected chi connectivity index (χ0v) is 7.53. The highest BCUT2D eigenvalue weighted by Gasteiger charge is 2.15.